The molecule has 4 atom stereocenters. The van der Waals surface area contributed by atoms with Gasteiger partial charge in [0.2, 0.25) is 17.7 Å². The van der Waals surface area contributed by atoms with E-state index in [1.54, 1.807) is 0 Å². The number of carbonyl (C=O) groups excluding carboxylic acids is 3. The van der Waals surface area contributed by atoms with E-state index >= 15 is 0 Å². The predicted octanol–water partition coefficient (Wildman–Crippen LogP) is -3.67. The van der Waals surface area contributed by atoms with Gasteiger partial charge < -0.3 is 42.9 Å². The van der Waals surface area contributed by atoms with Crippen molar-refractivity contribution in [1.82, 2.24) is 15.5 Å². The summed E-state index contributed by atoms with van der Waals surface area (Å²) in [5.74, 6) is -3.28. The minimum Gasteiger partial charge on any atom is -0.480 e. The van der Waals surface area contributed by atoms with E-state index in [2.05, 4.69) is 28.3 Å². The van der Waals surface area contributed by atoms with E-state index in [4.69, 9.17) is 17.2 Å². The summed E-state index contributed by atoms with van der Waals surface area (Å²) in [6.45, 7) is -0.326. The Morgan fingerprint density at radius 3 is 2.35 bits per heavy atom. The number of aliphatic hydroxyl groups excluding tert-OH is 1. The van der Waals surface area contributed by atoms with Crippen LogP contribution in [0, 0.1) is 0 Å². The van der Waals surface area contributed by atoms with E-state index in [0.29, 0.717) is 12.8 Å². The van der Waals surface area contributed by atoms with Crippen LogP contribution >= 0.6 is 12.6 Å². The molecule has 4 unspecified atom stereocenters. The standard InChI is InChI=1S/C17H31N7O6S/c18-9(8-31)13(26)22-10(3-1-5-21-17(19)20)14(27)23-11(7-25)15(28)24-6-2-4-12(24)16(29)30/h9-12,25,31H,1-8,18H2,(H,22,26)(H,23,27)(H,29,30)(H4,19,20,21). The van der Waals surface area contributed by atoms with Crippen LogP contribution in [-0.2, 0) is 19.2 Å². The van der Waals surface area contributed by atoms with Crippen molar-refractivity contribution < 1.29 is 29.4 Å². The first-order chi connectivity index (χ1) is 14.6. The van der Waals surface area contributed by atoms with Crippen molar-refractivity contribution in [3.8, 4) is 0 Å². The first-order valence-electron chi connectivity index (χ1n) is 9.79. The lowest BCUT2D eigenvalue weighted by molar-refractivity contribution is -0.150. The Morgan fingerprint density at radius 2 is 1.81 bits per heavy atom. The third-order valence-electron chi connectivity index (χ3n) is 4.73. The molecule has 10 N–H and O–H groups in total. The Kier molecular flexibility index (Phi) is 11.1. The number of thiol groups is 1. The number of guanidine groups is 1. The molecule has 1 rings (SSSR count). The molecule has 13 nitrogen and oxygen atoms in total. The Labute approximate surface area is 185 Å². The van der Waals surface area contributed by atoms with Gasteiger partial charge in [-0.25, -0.2) is 4.79 Å². The fourth-order valence-electron chi connectivity index (χ4n) is 3.08. The van der Waals surface area contributed by atoms with Crippen LogP contribution in [0.2, 0.25) is 0 Å². The van der Waals surface area contributed by atoms with Crippen molar-refractivity contribution in [1.29, 1.82) is 0 Å². The van der Waals surface area contributed by atoms with Gasteiger partial charge in [0.05, 0.1) is 12.6 Å². The number of aliphatic hydroxyl groups is 1. The van der Waals surface area contributed by atoms with Crippen LogP contribution in [0.3, 0.4) is 0 Å². The Bertz CT molecular complexity index is 688. The molecule has 14 heteroatoms. The summed E-state index contributed by atoms with van der Waals surface area (Å²) in [4.78, 5) is 53.8. The fraction of sp³-hybridized carbons (Fsp3) is 0.706. The molecule has 1 saturated heterocycles. The lowest BCUT2D eigenvalue weighted by Gasteiger charge is -2.28. The van der Waals surface area contributed by atoms with Gasteiger partial charge in [0, 0.05) is 18.8 Å². The van der Waals surface area contributed by atoms with Crippen molar-refractivity contribution in [2.45, 2.75) is 49.9 Å². The van der Waals surface area contributed by atoms with Crippen molar-refractivity contribution in [3.05, 3.63) is 0 Å². The summed E-state index contributed by atoms with van der Waals surface area (Å²) in [5.41, 5.74) is 16.1. The molecular weight excluding hydrogens is 430 g/mol. The van der Waals surface area contributed by atoms with E-state index in [-0.39, 0.29) is 37.6 Å². The zero-order valence-corrected chi connectivity index (χ0v) is 18.0. The van der Waals surface area contributed by atoms with Crippen LogP contribution in [0.25, 0.3) is 0 Å². The molecule has 176 valence electrons. The number of hydrogen-bond donors (Lipinski definition) is 8. The maximum absolute atomic E-state index is 12.8. The van der Waals surface area contributed by atoms with E-state index in [1.165, 1.54) is 0 Å². The summed E-state index contributed by atoms with van der Waals surface area (Å²) in [6, 6.07) is -4.40. The molecule has 0 radical (unpaired) electrons. The van der Waals surface area contributed by atoms with Crippen LogP contribution < -0.4 is 27.8 Å². The average Bonchev–Trinajstić information content (AvgIpc) is 3.22. The topological polar surface area (TPSA) is 226 Å². The van der Waals surface area contributed by atoms with Gasteiger partial charge in [0.1, 0.15) is 18.1 Å². The monoisotopic (exact) mass is 461 g/mol. The number of amides is 3. The molecule has 1 aliphatic heterocycles. The minimum atomic E-state index is -1.36. The number of carboxylic acid groups (broad SMARTS) is 1. The highest BCUT2D eigenvalue weighted by Gasteiger charge is 2.38. The molecule has 0 spiro atoms. The molecule has 0 aliphatic carbocycles. The second kappa shape index (κ2) is 13.0. The molecule has 0 bridgehead atoms. The summed E-state index contributed by atoms with van der Waals surface area (Å²) in [7, 11) is 0. The van der Waals surface area contributed by atoms with Gasteiger partial charge in [-0.3, -0.25) is 19.4 Å². The van der Waals surface area contributed by atoms with Crippen molar-refractivity contribution in [2.24, 2.45) is 22.2 Å². The zero-order chi connectivity index (χ0) is 23.6. The minimum absolute atomic E-state index is 0.0530. The van der Waals surface area contributed by atoms with Gasteiger partial charge in [-0.15, -0.1) is 0 Å². The van der Waals surface area contributed by atoms with Crippen LogP contribution in [0.4, 0.5) is 0 Å². The van der Waals surface area contributed by atoms with Crippen LogP contribution in [0.15, 0.2) is 4.99 Å². The smallest absolute Gasteiger partial charge is 0.326 e. The number of carboxylic acids is 1. The maximum Gasteiger partial charge on any atom is 0.326 e. The number of aliphatic imine (C=N–C) groups is 1. The van der Waals surface area contributed by atoms with Gasteiger partial charge in [0.15, 0.2) is 5.96 Å². The molecule has 0 saturated carbocycles. The number of nitrogens with two attached hydrogens (primary N) is 3. The van der Waals surface area contributed by atoms with Gasteiger partial charge in [-0.1, -0.05) is 0 Å². The van der Waals surface area contributed by atoms with Gasteiger partial charge in [0.25, 0.3) is 0 Å². The van der Waals surface area contributed by atoms with Gasteiger partial charge in [-0.2, -0.15) is 12.6 Å². The number of likely N-dealkylation sites (tertiary alicyclic amines) is 1. The molecule has 1 heterocycles. The van der Waals surface area contributed by atoms with E-state index in [0.717, 1.165) is 4.90 Å². The normalized spacial score (nSPS) is 18.5. The molecule has 1 aliphatic rings. The summed E-state index contributed by atoms with van der Waals surface area (Å²) in [5, 5.41) is 23.7. The highest BCUT2D eigenvalue weighted by atomic mass is 32.1. The number of rotatable bonds is 12. The number of nitrogens with zero attached hydrogens (tertiary/aromatic N) is 2. The highest BCUT2D eigenvalue weighted by molar-refractivity contribution is 7.80. The molecule has 0 aromatic rings. The number of carbonyl (C=O) groups is 4. The summed E-state index contributed by atoms with van der Waals surface area (Å²) < 4.78 is 0. The number of aliphatic carboxylic acids is 1. The summed E-state index contributed by atoms with van der Waals surface area (Å²) in [6.07, 6.45) is 1.25. The quantitative estimate of drug-likeness (QED) is 0.0619. The number of nitrogens with one attached hydrogen (secondary N) is 2. The third kappa shape index (κ3) is 8.22. The lowest BCUT2D eigenvalue weighted by atomic mass is 10.1. The van der Waals surface area contributed by atoms with Crippen LogP contribution in [0.1, 0.15) is 25.7 Å². The number of hydrogen-bond acceptors (Lipinski definition) is 8. The molecule has 0 aromatic heterocycles. The van der Waals surface area contributed by atoms with Crippen molar-refractivity contribution in [2.75, 3.05) is 25.4 Å². The first kappa shape index (κ1) is 26.5. The predicted molar refractivity (Wildman–Crippen MR) is 115 cm³/mol. The zero-order valence-electron chi connectivity index (χ0n) is 17.1. The maximum atomic E-state index is 12.8. The van der Waals surface area contributed by atoms with Gasteiger partial charge in [-0.05, 0) is 25.7 Å². The first-order valence-corrected chi connectivity index (χ1v) is 10.4. The Hall–Kier alpha value is -2.58. The molecule has 3 amide bonds. The van der Waals surface area contributed by atoms with Crippen molar-refractivity contribution >= 4 is 42.3 Å². The third-order valence-corrected chi connectivity index (χ3v) is 5.12. The Balaban J connectivity index is 2.86. The lowest BCUT2D eigenvalue weighted by Crippen LogP contribution is -2.58. The van der Waals surface area contributed by atoms with Crippen molar-refractivity contribution in [3.63, 3.8) is 0 Å². The largest absolute Gasteiger partial charge is 0.480 e. The molecule has 0 aromatic carbocycles. The Morgan fingerprint density at radius 1 is 1.16 bits per heavy atom. The van der Waals surface area contributed by atoms with Crippen LogP contribution in [-0.4, -0.2) is 94.4 Å². The highest BCUT2D eigenvalue weighted by Crippen LogP contribution is 2.18. The van der Waals surface area contributed by atoms with Gasteiger partial charge >= 0.3 is 5.97 Å². The molecular formula is C17H31N7O6S. The molecule has 1 fully saturated rings. The average molecular weight is 462 g/mol. The molecule has 31 heavy (non-hydrogen) atoms. The SMILES string of the molecule is NC(N)=NCCCC(NC(=O)C(N)CS)C(=O)NC(CO)C(=O)N1CCCC1C(=O)O. The second-order valence-corrected chi connectivity index (χ2v) is 7.44. The van der Waals surface area contributed by atoms with E-state index in [9.17, 15) is 29.4 Å². The fourth-order valence-corrected chi connectivity index (χ4v) is 3.25. The van der Waals surface area contributed by atoms with Crippen LogP contribution in [0.5, 0.6) is 0 Å². The summed E-state index contributed by atoms with van der Waals surface area (Å²) >= 11 is 3.95. The van der Waals surface area contributed by atoms with E-state index < -0.39 is 54.5 Å². The second-order valence-electron chi connectivity index (χ2n) is 7.07. The van der Waals surface area contributed by atoms with E-state index in [1.807, 2.05) is 0 Å².